The lowest BCUT2D eigenvalue weighted by Gasteiger charge is -2.18. The Morgan fingerprint density at radius 2 is 2.00 bits per heavy atom. The van der Waals surface area contributed by atoms with Crippen LogP contribution in [0.3, 0.4) is 0 Å². The van der Waals surface area contributed by atoms with E-state index in [1.807, 2.05) is 6.26 Å². The third kappa shape index (κ3) is 6.68. The minimum absolute atomic E-state index is 0.171. The molecular weight excluding hydrogens is 363 g/mol. The first-order valence-electron chi connectivity index (χ1n) is 6.59. The fraction of sp³-hybridized carbons (Fsp3) is 0.357. The van der Waals surface area contributed by atoms with Gasteiger partial charge in [-0.25, -0.2) is 0 Å². The van der Waals surface area contributed by atoms with Crippen molar-refractivity contribution >= 4 is 52.7 Å². The maximum Gasteiger partial charge on any atom is 0.322 e. The van der Waals surface area contributed by atoms with Crippen LogP contribution in [0.5, 0.6) is 0 Å². The van der Waals surface area contributed by atoms with E-state index in [-0.39, 0.29) is 10.6 Å². The maximum absolute atomic E-state index is 12.3. The number of carboxylic acid groups (broad SMARTS) is 1. The third-order valence-corrected chi connectivity index (χ3v) is 4.01. The number of amides is 2. The van der Waals surface area contributed by atoms with E-state index >= 15 is 0 Å². The van der Waals surface area contributed by atoms with Crippen molar-refractivity contribution in [1.29, 1.82) is 0 Å². The molecule has 1 unspecified atom stereocenters. The van der Waals surface area contributed by atoms with Crippen LogP contribution in [0, 0.1) is 0 Å². The molecule has 0 bridgehead atoms. The van der Waals surface area contributed by atoms with Gasteiger partial charge in [-0.15, -0.1) is 0 Å². The molecule has 0 aliphatic carbocycles. The van der Waals surface area contributed by atoms with Crippen LogP contribution in [0.2, 0.25) is 10.0 Å². The van der Waals surface area contributed by atoms with E-state index in [2.05, 4.69) is 10.6 Å². The summed E-state index contributed by atoms with van der Waals surface area (Å²) in [4.78, 5) is 34.8. The van der Waals surface area contributed by atoms with Gasteiger partial charge >= 0.3 is 5.97 Å². The maximum atomic E-state index is 12.3. The van der Waals surface area contributed by atoms with Gasteiger partial charge in [0.05, 0.1) is 10.6 Å². The number of benzene rings is 1. The molecule has 0 aliphatic rings. The fourth-order valence-corrected chi connectivity index (χ4v) is 2.67. The smallest absolute Gasteiger partial charge is 0.322 e. The van der Waals surface area contributed by atoms with E-state index in [0.717, 1.165) is 0 Å². The standard InChI is InChI=1S/C14H16Cl2N2O4S/c1-23-5-4-11(14(22)17-7-12(19)20)18-13(21)9-3-2-8(15)6-10(9)16/h2-3,6,11H,4-5,7H2,1H3,(H,17,22)(H,18,21)(H,19,20). The first-order chi connectivity index (χ1) is 10.8. The van der Waals surface area contributed by atoms with Crippen molar-refractivity contribution in [3.63, 3.8) is 0 Å². The summed E-state index contributed by atoms with van der Waals surface area (Å²) in [6, 6.07) is 3.56. The molecule has 0 heterocycles. The van der Waals surface area contributed by atoms with E-state index in [4.69, 9.17) is 28.3 Å². The van der Waals surface area contributed by atoms with Crippen LogP contribution in [-0.4, -0.2) is 47.5 Å². The monoisotopic (exact) mass is 378 g/mol. The molecule has 0 saturated heterocycles. The molecule has 1 rings (SSSR count). The van der Waals surface area contributed by atoms with Crippen molar-refractivity contribution in [3.8, 4) is 0 Å². The van der Waals surface area contributed by atoms with E-state index < -0.39 is 30.4 Å². The van der Waals surface area contributed by atoms with Crippen LogP contribution in [0.1, 0.15) is 16.8 Å². The predicted octanol–water partition coefficient (Wildman–Crippen LogP) is 2.05. The summed E-state index contributed by atoms with van der Waals surface area (Å²) in [7, 11) is 0. The van der Waals surface area contributed by atoms with Crippen molar-refractivity contribution in [3.05, 3.63) is 33.8 Å². The van der Waals surface area contributed by atoms with Crippen molar-refractivity contribution in [2.75, 3.05) is 18.6 Å². The summed E-state index contributed by atoms with van der Waals surface area (Å²) < 4.78 is 0. The van der Waals surface area contributed by atoms with Gasteiger partial charge in [0.15, 0.2) is 0 Å². The zero-order valence-corrected chi connectivity index (χ0v) is 14.6. The Bertz CT molecular complexity index is 598. The van der Waals surface area contributed by atoms with E-state index in [1.54, 1.807) is 0 Å². The summed E-state index contributed by atoms with van der Waals surface area (Å²) in [5.41, 5.74) is 0.191. The molecule has 1 aromatic carbocycles. The number of carbonyl (C=O) groups excluding carboxylic acids is 2. The number of hydrogen-bond donors (Lipinski definition) is 3. The highest BCUT2D eigenvalue weighted by Crippen LogP contribution is 2.21. The molecule has 1 aromatic rings. The van der Waals surface area contributed by atoms with Crippen molar-refractivity contribution in [2.45, 2.75) is 12.5 Å². The molecule has 126 valence electrons. The van der Waals surface area contributed by atoms with Gasteiger partial charge in [-0.3, -0.25) is 14.4 Å². The highest BCUT2D eigenvalue weighted by atomic mass is 35.5. The number of aliphatic carboxylic acids is 1. The van der Waals surface area contributed by atoms with Gasteiger partial charge in [-0.1, -0.05) is 23.2 Å². The number of thioether (sulfide) groups is 1. The Hall–Kier alpha value is -1.44. The Kier molecular flexibility index (Phi) is 8.22. The number of hydrogen-bond acceptors (Lipinski definition) is 4. The van der Waals surface area contributed by atoms with E-state index in [1.165, 1.54) is 30.0 Å². The summed E-state index contributed by atoms with van der Waals surface area (Å²) in [6.45, 7) is -0.508. The van der Waals surface area contributed by atoms with Gasteiger partial charge < -0.3 is 15.7 Å². The Morgan fingerprint density at radius 1 is 1.30 bits per heavy atom. The first-order valence-corrected chi connectivity index (χ1v) is 8.74. The van der Waals surface area contributed by atoms with E-state index in [0.29, 0.717) is 17.2 Å². The SMILES string of the molecule is CSCCC(NC(=O)c1ccc(Cl)cc1Cl)C(=O)NCC(=O)O. The van der Waals surface area contributed by atoms with Crippen LogP contribution >= 0.6 is 35.0 Å². The van der Waals surface area contributed by atoms with Gasteiger partial charge in [0.2, 0.25) is 5.91 Å². The second-order valence-electron chi connectivity index (χ2n) is 4.54. The zero-order chi connectivity index (χ0) is 17.4. The Labute approximate surface area is 147 Å². The quantitative estimate of drug-likeness (QED) is 0.643. The van der Waals surface area contributed by atoms with Crippen LogP contribution in [-0.2, 0) is 9.59 Å². The number of nitrogens with one attached hydrogen (secondary N) is 2. The van der Waals surface area contributed by atoms with E-state index in [9.17, 15) is 14.4 Å². The molecule has 0 aliphatic heterocycles. The Morgan fingerprint density at radius 3 is 2.57 bits per heavy atom. The van der Waals surface area contributed by atoms with Crippen molar-refractivity contribution < 1.29 is 19.5 Å². The lowest BCUT2D eigenvalue weighted by Crippen LogP contribution is -2.48. The third-order valence-electron chi connectivity index (χ3n) is 2.82. The molecule has 23 heavy (non-hydrogen) atoms. The molecule has 2 amide bonds. The summed E-state index contributed by atoms with van der Waals surface area (Å²) in [5, 5.41) is 14.0. The van der Waals surface area contributed by atoms with Gasteiger partial charge in [0.1, 0.15) is 12.6 Å². The van der Waals surface area contributed by atoms with Gasteiger partial charge in [-0.2, -0.15) is 11.8 Å². The predicted molar refractivity (Wildman–Crippen MR) is 91.4 cm³/mol. The minimum atomic E-state index is -1.16. The number of carbonyl (C=O) groups is 3. The molecule has 6 nitrogen and oxygen atoms in total. The number of carboxylic acids is 1. The largest absolute Gasteiger partial charge is 0.480 e. The molecule has 0 spiro atoms. The second kappa shape index (κ2) is 9.64. The van der Waals surface area contributed by atoms with Crippen LogP contribution in [0.25, 0.3) is 0 Å². The number of halogens is 2. The second-order valence-corrected chi connectivity index (χ2v) is 6.37. The van der Waals surface area contributed by atoms with Crippen molar-refractivity contribution in [1.82, 2.24) is 10.6 Å². The fourth-order valence-electron chi connectivity index (χ4n) is 1.70. The zero-order valence-electron chi connectivity index (χ0n) is 12.3. The lowest BCUT2D eigenvalue weighted by atomic mass is 10.1. The summed E-state index contributed by atoms with van der Waals surface area (Å²) in [6.07, 6.45) is 2.23. The molecule has 0 saturated carbocycles. The van der Waals surface area contributed by atoms with Crippen LogP contribution in [0.15, 0.2) is 18.2 Å². The molecular formula is C14H16Cl2N2O4S. The molecule has 3 N–H and O–H groups in total. The van der Waals surface area contributed by atoms with Crippen LogP contribution < -0.4 is 10.6 Å². The van der Waals surface area contributed by atoms with Gasteiger partial charge in [0.25, 0.3) is 5.91 Å². The lowest BCUT2D eigenvalue weighted by molar-refractivity contribution is -0.138. The summed E-state index contributed by atoms with van der Waals surface area (Å²) >= 11 is 13.3. The topological polar surface area (TPSA) is 95.5 Å². The highest BCUT2D eigenvalue weighted by Gasteiger charge is 2.22. The molecule has 0 aromatic heterocycles. The highest BCUT2D eigenvalue weighted by molar-refractivity contribution is 7.98. The normalized spacial score (nSPS) is 11.6. The summed E-state index contributed by atoms with van der Waals surface area (Å²) in [5.74, 6) is -1.61. The van der Waals surface area contributed by atoms with Gasteiger partial charge in [-0.05, 0) is 36.6 Å². The molecule has 0 fully saturated rings. The average molecular weight is 379 g/mol. The van der Waals surface area contributed by atoms with Gasteiger partial charge in [0, 0.05) is 5.02 Å². The average Bonchev–Trinajstić information content (AvgIpc) is 2.48. The molecule has 0 radical (unpaired) electrons. The minimum Gasteiger partial charge on any atom is -0.480 e. The Balaban J connectivity index is 2.80. The first kappa shape index (κ1) is 19.6. The number of rotatable bonds is 8. The van der Waals surface area contributed by atoms with Crippen molar-refractivity contribution in [2.24, 2.45) is 0 Å². The van der Waals surface area contributed by atoms with Crippen LogP contribution in [0.4, 0.5) is 0 Å². The molecule has 9 heteroatoms. The molecule has 1 atom stereocenters.